The number of carboxylic acid groups (broad SMARTS) is 1. The number of nitrogens with zero attached hydrogens (tertiary/aromatic N) is 7. The van der Waals surface area contributed by atoms with Crippen LogP contribution in [-0.2, 0) is 59.4 Å². The quantitative estimate of drug-likeness (QED) is 0.0984. The Morgan fingerprint density at radius 2 is 1.22 bits per heavy atom. The van der Waals surface area contributed by atoms with Crippen LogP contribution in [-0.4, -0.2) is 147 Å². The maximum absolute atomic E-state index is 14.8. The number of aliphatic carboxylic acids is 1. The lowest BCUT2D eigenvalue weighted by Gasteiger charge is -2.43. The summed E-state index contributed by atoms with van der Waals surface area (Å²) in [7, 11) is 2.17. The van der Waals surface area contributed by atoms with Gasteiger partial charge in [0, 0.05) is 68.9 Å². The zero-order chi connectivity index (χ0) is 60.6. The molecule has 0 spiro atoms. The SMILES string of the molecule is Cc1cc(CC(NC(=O)N2CCC(c3cc4ccccc4n(COC(=O)C4(c5ccccc5)CCCCC4)c3=O)CC2)C(=O)N2CCN(C3CCN(C)CC3)CC2)cc2cn(COC(=O)C3(c4ccccc4)CCCCC3)nc12.O=C(O)C(F)(F)F. The number of likely N-dealkylation sites (tertiary alicyclic amines) is 2. The molecule has 3 saturated heterocycles. The van der Waals surface area contributed by atoms with E-state index in [9.17, 15) is 37.1 Å². The van der Waals surface area contributed by atoms with E-state index in [1.54, 1.807) is 14.1 Å². The number of carbonyl (C=O) groups excluding carboxylic acids is 4. The van der Waals surface area contributed by atoms with Gasteiger partial charge in [-0.15, -0.1) is 0 Å². The summed E-state index contributed by atoms with van der Waals surface area (Å²) in [6, 6.07) is 33.1. The van der Waals surface area contributed by atoms with E-state index < -0.39 is 29.0 Å². The molecule has 20 heteroatoms. The second-order valence-corrected chi connectivity index (χ2v) is 24.2. The molecule has 5 heterocycles. The molecular formula is C66H79F3N8O9. The monoisotopic (exact) mass is 1180 g/mol. The van der Waals surface area contributed by atoms with E-state index in [2.05, 4.69) is 22.2 Å². The van der Waals surface area contributed by atoms with Crippen LogP contribution < -0.4 is 10.9 Å². The second kappa shape index (κ2) is 27.0. The number of carboxylic acids is 1. The van der Waals surface area contributed by atoms with Crippen molar-refractivity contribution in [3.05, 3.63) is 147 Å². The predicted molar refractivity (Wildman–Crippen MR) is 319 cm³/mol. The van der Waals surface area contributed by atoms with E-state index in [0.717, 1.165) is 129 Å². The van der Waals surface area contributed by atoms with Gasteiger partial charge < -0.3 is 34.6 Å². The van der Waals surface area contributed by atoms with Crippen LogP contribution in [0.2, 0.25) is 0 Å². The Balaban J connectivity index is 0.00000110. The minimum atomic E-state index is -5.08. The van der Waals surface area contributed by atoms with Crippen molar-refractivity contribution in [2.24, 2.45) is 0 Å². The molecule has 1 atom stereocenters. The Bertz CT molecular complexity index is 3410. The van der Waals surface area contributed by atoms with Crippen molar-refractivity contribution in [3.63, 3.8) is 0 Å². The van der Waals surface area contributed by atoms with E-state index >= 15 is 0 Å². The number of esters is 2. The van der Waals surface area contributed by atoms with Crippen LogP contribution in [0.15, 0.2) is 114 Å². The zero-order valence-corrected chi connectivity index (χ0v) is 49.3. The van der Waals surface area contributed by atoms with Crippen molar-refractivity contribution in [1.82, 2.24) is 39.3 Å². The molecule has 17 nitrogen and oxygen atoms in total. The Labute approximate surface area is 499 Å². The average Bonchev–Trinajstić information content (AvgIpc) is 2.98. The molecule has 4 aromatic carbocycles. The number of aromatic nitrogens is 3. The first-order valence-corrected chi connectivity index (χ1v) is 30.5. The fourth-order valence-electron chi connectivity index (χ4n) is 13.9. The van der Waals surface area contributed by atoms with Crippen molar-refractivity contribution >= 4 is 51.7 Å². The van der Waals surface area contributed by atoms with Gasteiger partial charge in [0.1, 0.15) is 6.04 Å². The minimum absolute atomic E-state index is 0.0174. The summed E-state index contributed by atoms with van der Waals surface area (Å²) < 4.78 is 47.3. The number of fused-ring (bicyclic) bond motifs is 2. The number of aryl methyl sites for hydroxylation is 1. The number of urea groups is 1. The summed E-state index contributed by atoms with van der Waals surface area (Å²) in [6.45, 7) is 7.51. The van der Waals surface area contributed by atoms with Crippen LogP contribution in [0.5, 0.6) is 0 Å². The number of hydrogen-bond acceptors (Lipinski definition) is 11. The number of benzene rings is 4. The average molecular weight is 1190 g/mol. The van der Waals surface area contributed by atoms with Crippen LogP contribution in [0.3, 0.4) is 0 Å². The van der Waals surface area contributed by atoms with Gasteiger partial charge in [-0.25, -0.2) is 14.3 Å². The summed E-state index contributed by atoms with van der Waals surface area (Å²) in [4.78, 5) is 89.6. The third kappa shape index (κ3) is 13.8. The Kier molecular flexibility index (Phi) is 19.3. The zero-order valence-electron chi connectivity index (χ0n) is 49.3. The Morgan fingerprint density at radius 1 is 0.674 bits per heavy atom. The summed E-state index contributed by atoms with van der Waals surface area (Å²) in [5.41, 5.74) is 4.30. The van der Waals surface area contributed by atoms with Crippen molar-refractivity contribution in [2.45, 2.75) is 152 Å². The summed E-state index contributed by atoms with van der Waals surface area (Å²) in [5.74, 6) is -3.50. The van der Waals surface area contributed by atoms with Crippen molar-refractivity contribution in [1.29, 1.82) is 0 Å². The van der Waals surface area contributed by atoms with Gasteiger partial charge in [0.25, 0.3) is 5.56 Å². The molecule has 2 N–H and O–H groups in total. The number of piperidine rings is 2. The molecule has 0 radical (unpaired) electrons. The molecule has 0 bridgehead atoms. The molecule has 2 saturated carbocycles. The standard InChI is InChI=1S/C64H78N8O7.C2HF3O2/c1-46-39-47(40-50-43-71(66-57(46)50)44-78-60(75)63(27-13-5-14-28-63)51-18-7-3-8-19-51)41-55(59(74)69-37-35-68(36-38-69)53-25-31-67(2)32-26-53)65-62(77)70-33-23-48(24-34-70)54-42-49-17-11-12-22-56(49)72(58(54)73)45-79-61(76)64(29-15-6-16-30-64)52-20-9-4-10-21-52;3-2(4,5)1(6)7/h3-4,7-12,17-22,39-40,42-43,48,53,55H,5-6,13-16,23-38,41,44-45H2,1-2H3,(H,65,77);(H,6,7). The molecule has 2 aromatic heterocycles. The number of ether oxygens (including phenoxy) is 2. The number of para-hydroxylation sites is 1. The van der Waals surface area contributed by atoms with Crippen molar-refractivity contribution in [2.75, 3.05) is 59.4 Å². The number of rotatable bonds is 14. The predicted octanol–water partition coefficient (Wildman–Crippen LogP) is 9.84. The summed E-state index contributed by atoms with van der Waals surface area (Å²) in [5, 5.41) is 16.9. The van der Waals surface area contributed by atoms with Crippen LogP contribution in [0.1, 0.15) is 124 Å². The first kappa shape index (κ1) is 61.5. The van der Waals surface area contributed by atoms with Crippen LogP contribution in [0.4, 0.5) is 18.0 Å². The van der Waals surface area contributed by atoms with E-state index in [-0.39, 0.29) is 55.2 Å². The first-order valence-electron chi connectivity index (χ1n) is 30.5. The third-order valence-electron chi connectivity index (χ3n) is 18.8. The molecular weight excluding hydrogens is 1110 g/mol. The molecule has 86 heavy (non-hydrogen) atoms. The number of nitrogens with one attached hydrogen (secondary N) is 1. The van der Waals surface area contributed by atoms with E-state index in [0.29, 0.717) is 69.0 Å². The molecule has 2 aliphatic carbocycles. The van der Waals surface area contributed by atoms with Gasteiger partial charge in [0.05, 0.1) is 21.9 Å². The van der Waals surface area contributed by atoms with Crippen LogP contribution in [0.25, 0.3) is 21.8 Å². The fourth-order valence-corrected chi connectivity index (χ4v) is 13.9. The number of hydrogen-bond donors (Lipinski definition) is 2. The summed E-state index contributed by atoms with van der Waals surface area (Å²) >= 11 is 0. The lowest BCUT2D eigenvalue weighted by molar-refractivity contribution is -0.192. The van der Waals surface area contributed by atoms with E-state index in [1.165, 1.54) is 0 Å². The number of carbonyl (C=O) groups is 5. The van der Waals surface area contributed by atoms with E-state index in [1.807, 2.05) is 121 Å². The highest BCUT2D eigenvalue weighted by molar-refractivity contribution is 5.89. The second-order valence-electron chi connectivity index (χ2n) is 24.2. The third-order valence-corrected chi connectivity index (χ3v) is 18.8. The largest absolute Gasteiger partial charge is 0.490 e. The molecule has 3 amide bonds. The number of pyridine rings is 1. The Morgan fingerprint density at radius 3 is 1.79 bits per heavy atom. The van der Waals surface area contributed by atoms with Gasteiger partial charge >= 0.3 is 30.1 Å². The van der Waals surface area contributed by atoms with E-state index in [4.69, 9.17) is 24.5 Å². The number of amides is 3. The van der Waals surface area contributed by atoms with Crippen molar-refractivity contribution < 1.29 is 51.7 Å². The van der Waals surface area contributed by atoms with Crippen molar-refractivity contribution in [3.8, 4) is 0 Å². The number of alkyl halides is 3. The van der Waals surface area contributed by atoms with Gasteiger partial charge in [0.2, 0.25) is 5.91 Å². The molecule has 11 rings (SSSR count). The smallest absolute Gasteiger partial charge is 0.475 e. The van der Waals surface area contributed by atoms with Gasteiger partial charge in [0.15, 0.2) is 13.5 Å². The molecule has 1 unspecified atom stereocenters. The highest BCUT2D eigenvalue weighted by atomic mass is 19.4. The lowest BCUT2D eigenvalue weighted by atomic mass is 9.69. The highest BCUT2D eigenvalue weighted by Crippen LogP contribution is 2.42. The maximum atomic E-state index is 14.8. The molecule has 5 fully saturated rings. The Hall–Kier alpha value is -7.58. The normalized spacial score (nSPS) is 19.3. The number of halogens is 3. The molecule has 5 aliphatic rings. The van der Waals surface area contributed by atoms with Crippen LogP contribution >= 0.6 is 0 Å². The van der Waals surface area contributed by atoms with Crippen LogP contribution in [0, 0.1) is 6.92 Å². The summed E-state index contributed by atoms with van der Waals surface area (Å²) in [6.07, 6.45) is 9.39. The van der Waals surface area contributed by atoms with Gasteiger partial charge in [-0.2, -0.15) is 18.3 Å². The number of piperazine rings is 1. The van der Waals surface area contributed by atoms with Gasteiger partial charge in [-0.1, -0.05) is 123 Å². The molecule has 6 aromatic rings. The minimum Gasteiger partial charge on any atom is -0.475 e. The van der Waals surface area contributed by atoms with Gasteiger partial charge in [-0.05, 0) is 130 Å². The molecule has 458 valence electrons. The molecule has 3 aliphatic heterocycles. The first-order chi connectivity index (χ1) is 41.4. The topological polar surface area (TPSA) is 189 Å². The van der Waals surface area contributed by atoms with Gasteiger partial charge in [-0.3, -0.25) is 28.6 Å². The maximum Gasteiger partial charge on any atom is 0.490 e. The lowest BCUT2D eigenvalue weighted by Crippen LogP contribution is -2.59. The highest BCUT2D eigenvalue weighted by Gasteiger charge is 2.45. The fraction of sp³-hybridized carbons (Fsp3) is 0.500.